The standard InChI is InChI=1S/C74H98FN15O19S2/c1-8-43-30-47(109-7)25-26-48(43)44-23-21-42(22-24-44)29-53(66(102)81-51(65(101)84-55(36-110)62(77)98)20-14-17-41-15-10-9-11-16-41)82-67(103)54(32-59(96)97)83-68(104)56(37-111)85-69(105)60(39(2)91)88-72(108)74(6,33-45-18-12-13-19-49(45)75)90-70(106)61(40(3)92)87-57(93)35-79-64(100)52(27-28-58(94)95)86-71(107)73(4,5)89-63(99)50(76)31-46-34-78-38-80-46/h9-13,15-16,18-19,21-26,30,34,38-40,50-56,60-61,91-92,110-111H,8,14,17,20,27-29,31-33,35-37,76H2,1-7H3,(H2,77,98)(H,78,80)(H,79,100)(H,81,102)(H,82,103)(H,83,104)(H,84,101)(H,85,105)(H,86,107)(H,87,93)(H,88,108)(H,89,99)(H,90,106)(H,94,95)(H,96,97)/t39-,40-,50+,51+,52+,53+,54+,55-,56+,60+,61+,74+/m1/s1. The van der Waals surface area contributed by atoms with Gasteiger partial charge in [0.1, 0.15) is 71.0 Å². The molecule has 12 atom stereocenters. The maximum atomic E-state index is 15.5. The number of nitrogens with one attached hydrogen (secondary N) is 12. The van der Waals surface area contributed by atoms with Crippen LogP contribution in [0.2, 0.25) is 0 Å². The van der Waals surface area contributed by atoms with E-state index in [4.69, 9.17) is 16.2 Å². The largest absolute Gasteiger partial charge is 0.497 e. The highest BCUT2D eigenvalue weighted by molar-refractivity contribution is 7.80. The molecule has 4 aromatic carbocycles. The summed E-state index contributed by atoms with van der Waals surface area (Å²) < 4.78 is 20.9. The number of aryl methyl sites for hydroxylation is 2. The van der Waals surface area contributed by atoms with Crippen LogP contribution in [0.1, 0.15) is 102 Å². The molecule has 0 saturated carbocycles. The van der Waals surface area contributed by atoms with Gasteiger partial charge in [-0.2, -0.15) is 25.3 Å². The van der Waals surface area contributed by atoms with E-state index in [0.717, 1.165) is 49.1 Å². The molecule has 12 amide bonds. The number of aromatic amines is 1. The number of carbonyl (C=O) groups excluding carboxylic acids is 12. The zero-order chi connectivity index (χ0) is 82.4. The van der Waals surface area contributed by atoms with Crippen molar-refractivity contribution in [1.82, 2.24) is 68.5 Å². The lowest BCUT2D eigenvalue weighted by Gasteiger charge is -2.34. The van der Waals surface area contributed by atoms with Crippen LogP contribution in [0.3, 0.4) is 0 Å². The third-order valence-electron chi connectivity index (χ3n) is 17.7. The lowest BCUT2D eigenvalue weighted by atomic mass is 9.90. The lowest BCUT2D eigenvalue weighted by molar-refractivity contribution is -0.142. The number of halogens is 1. The summed E-state index contributed by atoms with van der Waals surface area (Å²) in [4.78, 5) is 198. The number of nitrogens with two attached hydrogens (primary N) is 2. The molecular weight excluding hydrogens is 1490 g/mol. The fraction of sp³-hybridized carbons (Fsp3) is 0.446. The van der Waals surface area contributed by atoms with Gasteiger partial charge in [0.05, 0.1) is 44.7 Å². The lowest BCUT2D eigenvalue weighted by Crippen LogP contribution is -2.67. The number of aliphatic carboxylic acids is 2. The number of hydrogen-bond donors (Lipinski definition) is 20. The minimum atomic E-state index is -2.41. The van der Waals surface area contributed by atoms with Crippen molar-refractivity contribution in [2.75, 3.05) is 25.2 Å². The molecule has 602 valence electrons. The van der Waals surface area contributed by atoms with Crippen LogP contribution in [-0.2, 0) is 99.2 Å². The van der Waals surface area contributed by atoms with E-state index in [1.54, 1.807) is 37.4 Å². The van der Waals surface area contributed by atoms with Crippen LogP contribution in [-0.4, -0.2) is 216 Å². The summed E-state index contributed by atoms with van der Waals surface area (Å²) in [7, 11) is 1.54. The molecule has 0 bridgehead atoms. The van der Waals surface area contributed by atoms with Crippen LogP contribution in [0, 0.1) is 5.82 Å². The summed E-state index contributed by atoms with van der Waals surface area (Å²) in [6.45, 7) is 6.68. The van der Waals surface area contributed by atoms with Gasteiger partial charge in [-0.1, -0.05) is 85.8 Å². The van der Waals surface area contributed by atoms with Crippen molar-refractivity contribution in [2.45, 2.75) is 183 Å². The van der Waals surface area contributed by atoms with E-state index in [0.29, 0.717) is 36.3 Å². The predicted octanol–water partition coefficient (Wildman–Crippen LogP) is -1.62. The molecule has 0 aliphatic heterocycles. The van der Waals surface area contributed by atoms with Gasteiger partial charge < -0.3 is 100 Å². The molecule has 1 heterocycles. The Labute approximate surface area is 650 Å². The summed E-state index contributed by atoms with van der Waals surface area (Å²) in [6.07, 6.45) is -2.86. The summed E-state index contributed by atoms with van der Waals surface area (Å²) in [6, 6.07) is 11.6. The number of methoxy groups -OCH3 is 1. The second kappa shape index (κ2) is 43.4. The molecule has 5 rings (SSSR count). The third-order valence-corrected chi connectivity index (χ3v) is 18.4. The van der Waals surface area contributed by atoms with Gasteiger partial charge in [0.15, 0.2) is 0 Å². The molecule has 0 aliphatic rings. The first-order valence-electron chi connectivity index (χ1n) is 35.3. The van der Waals surface area contributed by atoms with Crippen LogP contribution in [0.15, 0.2) is 110 Å². The van der Waals surface area contributed by atoms with E-state index in [-0.39, 0.29) is 30.6 Å². The topological polar surface area (TPSA) is 542 Å². The Kier molecular flexibility index (Phi) is 35.4. The molecule has 34 nitrogen and oxygen atoms in total. The van der Waals surface area contributed by atoms with Gasteiger partial charge in [0.25, 0.3) is 0 Å². The summed E-state index contributed by atoms with van der Waals surface area (Å²) in [5.74, 6) is -17.3. The number of carboxylic acid groups (broad SMARTS) is 2. The Morgan fingerprint density at radius 2 is 1.17 bits per heavy atom. The monoisotopic (exact) mass is 1580 g/mol. The zero-order valence-electron chi connectivity index (χ0n) is 62.2. The van der Waals surface area contributed by atoms with E-state index >= 15 is 4.39 Å². The van der Waals surface area contributed by atoms with Crippen molar-refractivity contribution in [3.8, 4) is 16.9 Å². The molecule has 0 spiro atoms. The van der Waals surface area contributed by atoms with Gasteiger partial charge in [-0.25, -0.2) is 9.37 Å². The molecule has 37 heteroatoms. The molecule has 0 aliphatic carbocycles. The molecule has 0 radical (unpaired) electrons. The first-order valence-corrected chi connectivity index (χ1v) is 36.6. The Morgan fingerprint density at radius 1 is 0.595 bits per heavy atom. The van der Waals surface area contributed by atoms with Gasteiger partial charge in [-0.05, 0) is 118 Å². The second-order valence-corrected chi connectivity index (χ2v) is 27.8. The number of aliphatic hydroxyl groups is 2. The number of benzene rings is 4. The van der Waals surface area contributed by atoms with Gasteiger partial charge in [0.2, 0.25) is 70.9 Å². The number of carbonyl (C=O) groups is 14. The van der Waals surface area contributed by atoms with E-state index in [1.807, 2.05) is 49.4 Å². The second-order valence-electron chi connectivity index (χ2n) is 27.1. The van der Waals surface area contributed by atoms with E-state index in [9.17, 15) is 87.5 Å². The Morgan fingerprint density at radius 3 is 1.76 bits per heavy atom. The number of H-pyrrole nitrogens is 1. The number of nitrogens with zero attached hydrogens (tertiary/aromatic N) is 1. The Hall–Kier alpha value is -11.0. The van der Waals surface area contributed by atoms with Gasteiger partial charge in [-0.3, -0.25) is 67.1 Å². The van der Waals surface area contributed by atoms with Crippen molar-refractivity contribution in [3.63, 3.8) is 0 Å². The number of aromatic nitrogens is 2. The SMILES string of the molecule is CCc1cc(OC)ccc1-c1ccc(C[C@H](NC(=O)[C@H](CC(=O)O)NC(=O)[C@H](CS)NC(=O)[C@@H](NC(=O)[C@](C)(Cc2ccccc2F)NC(=O)[C@@H](NC(=O)CNC(=O)[C@H](CCC(=O)O)NC(=O)C(C)(C)NC(=O)[C@@H](N)Cc2cnc[nH]2)[C@@H](C)O)[C@@H](C)O)C(=O)N[C@@H](CCCc2ccccc2)C(=O)N[C@H](CS)C(N)=O)cc1. The highest BCUT2D eigenvalue weighted by Crippen LogP contribution is 2.29. The molecule has 20 N–H and O–H groups in total. The fourth-order valence-electron chi connectivity index (χ4n) is 11.3. The highest BCUT2D eigenvalue weighted by Gasteiger charge is 2.43. The van der Waals surface area contributed by atoms with Crippen LogP contribution in [0.4, 0.5) is 4.39 Å². The number of thiol groups is 2. The zero-order valence-corrected chi connectivity index (χ0v) is 64.0. The molecule has 111 heavy (non-hydrogen) atoms. The summed E-state index contributed by atoms with van der Waals surface area (Å²) in [5.41, 5.74) is 11.6. The number of carboxylic acids is 2. The van der Waals surface area contributed by atoms with Gasteiger partial charge >= 0.3 is 11.9 Å². The number of amides is 12. The van der Waals surface area contributed by atoms with Gasteiger partial charge in [-0.15, -0.1) is 0 Å². The normalized spacial score (nSPS) is 14.7. The smallest absolute Gasteiger partial charge is 0.305 e. The summed E-state index contributed by atoms with van der Waals surface area (Å²) in [5, 5.41) is 67.8. The van der Waals surface area contributed by atoms with Crippen molar-refractivity contribution in [3.05, 3.63) is 143 Å². The maximum absolute atomic E-state index is 15.5. The van der Waals surface area contributed by atoms with Gasteiger partial charge in [0, 0.05) is 49.1 Å². The average Bonchev–Trinajstić information content (AvgIpc) is 0.850. The molecule has 1 aromatic heterocycles. The van der Waals surface area contributed by atoms with Crippen LogP contribution in [0.25, 0.3) is 11.1 Å². The Balaban J connectivity index is 1.36. The maximum Gasteiger partial charge on any atom is 0.305 e. The first-order chi connectivity index (χ1) is 52.4. The summed E-state index contributed by atoms with van der Waals surface area (Å²) >= 11 is 8.35. The average molecular weight is 1580 g/mol. The molecular formula is C74H98FN15O19S2. The first kappa shape index (κ1) is 90.6. The van der Waals surface area contributed by atoms with E-state index in [1.165, 1.54) is 44.6 Å². The number of ether oxygens (including phenoxy) is 1. The molecule has 0 saturated heterocycles. The van der Waals surface area contributed by atoms with Crippen LogP contribution >= 0.6 is 25.3 Å². The third kappa shape index (κ3) is 28.4. The quantitative estimate of drug-likeness (QED) is 0.0195. The number of primary amides is 1. The highest BCUT2D eigenvalue weighted by atomic mass is 32.1. The number of imidazole rings is 1. The number of hydrogen-bond acceptors (Lipinski definition) is 21. The van der Waals surface area contributed by atoms with Crippen LogP contribution in [0.5, 0.6) is 5.75 Å². The van der Waals surface area contributed by atoms with E-state index in [2.05, 4.69) is 93.7 Å². The molecule has 5 aromatic rings. The van der Waals surface area contributed by atoms with Crippen LogP contribution < -0.4 is 74.7 Å². The number of aliphatic hydroxyl groups excluding tert-OH is 2. The Bertz CT molecular complexity index is 4080. The predicted molar refractivity (Wildman–Crippen MR) is 408 cm³/mol. The minimum absolute atomic E-state index is 0.00852. The minimum Gasteiger partial charge on any atom is -0.497 e. The molecule has 0 unspecified atom stereocenters. The van der Waals surface area contributed by atoms with E-state index < -0.39 is 204 Å². The molecule has 0 fully saturated rings. The van der Waals surface area contributed by atoms with Crippen molar-refractivity contribution < 1.29 is 96.7 Å². The van der Waals surface area contributed by atoms with Crippen molar-refractivity contribution in [2.24, 2.45) is 11.5 Å². The fourth-order valence-corrected chi connectivity index (χ4v) is 11.9. The van der Waals surface area contributed by atoms with Crippen molar-refractivity contribution in [1.29, 1.82) is 0 Å². The number of rotatable bonds is 45. The van der Waals surface area contributed by atoms with Crippen molar-refractivity contribution >= 4 is 108 Å².